The van der Waals surface area contributed by atoms with Crippen molar-refractivity contribution in [1.29, 1.82) is 0 Å². The highest BCUT2D eigenvalue weighted by Crippen LogP contribution is 2.42. The second-order valence-corrected chi connectivity index (χ2v) is 8.95. The summed E-state index contributed by atoms with van der Waals surface area (Å²) in [5.74, 6) is -0.605. The molecule has 0 aromatic heterocycles. The Morgan fingerprint density at radius 2 is 2.14 bits per heavy atom. The van der Waals surface area contributed by atoms with Crippen LogP contribution in [-0.4, -0.2) is 40.1 Å². The van der Waals surface area contributed by atoms with Gasteiger partial charge in [0.15, 0.2) is 5.82 Å². The average molecular weight is 422 g/mol. The van der Waals surface area contributed by atoms with Crippen LogP contribution in [0.5, 0.6) is 5.75 Å². The van der Waals surface area contributed by atoms with Gasteiger partial charge in [0.05, 0.1) is 0 Å². The number of aromatic hydroxyl groups is 1. The third-order valence-electron chi connectivity index (χ3n) is 4.80. The molecule has 0 spiro atoms. The van der Waals surface area contributed by atoms with Gasteiger partial charge in [-0.3, -0.25) is 13.8 Å². The second kappa shape index (κ2) is 8.10. The van der Waals surface area contributed by atoms with E-state index in [-0.39, 0.29) is 24.0 Å². The number of benzene rings is 2. The first-order chi connectivity index (χ1) is 13.5. The Morgan fingerprint density at radius 1 is 1.36 bits per heavy atom. The number of amides is 1. The number of carbonyl (C=O) groups excluding carboxylic acids is 1. The summed E-state index contributed by atoms with van der Waals surface area (Å²) in [6, 6.07) is 11.7. The predicted octanol–water partition coefficient (Wildman–Crippen LogP) is 1.90. The van der Waals surface area contributed by atoms with E-state index in [2.05, 4.69) is 22.2 Å². The number of phenolic OH excluding ortho intramolecular Hbond substituents is 1. The van der Waals surface area contributed by atoms with E-state index in [0.29, 0.717) is 16.9 Å². The lowest BCUT2D eigenvalue weighted by atomic mass is 10.0. The molecule has 148 valence electrons. The second-order valence-electron chi connectivity index (χ2n) is 6.75. The maximum absolute atomic E-state index is 15.2. The van der Waals surface area contributed by atoms with E-state index in [1.165, 1.54) is 23.4 Å². The lowest BCUT2D eigenvalue weighted by Crippen LogP contribution is -2.37. The number of thioether (sulfide) groups is 1. The number of halogens is 1. The number of hydrogen-bond donors (Lipinski definition) is 3. The molecule has 3 N–H and O–H groups in total. The van der Waals surface area contributed by atoms with E-state index in [1.54, 1.807) is 0 Å². The van der Waals surface area contributed by atoms with Gasteiger partial charge in [-0.25, -0.2) is 8.60 Å². The van der Waals surface area contributed by atoms with E-state index in [4.69, 9.17) is 0 Å². The lowest BCUT2D eigenvalue weighted by Gasteiger charge is -2.28. The molecule has 0 saturated carbocycles. The number of phenols is 1. The fourth-order valence-corrected chi connectivity index (χ4v) is 5.53. The summed E-state index contributed by atoms with van der Waals surface area (Å²) in [6.07, 6.45) is 1.36. The molecule has 2 atom stereocenters. The largest absolute Gasteiger partial charge is 0.506 e. The van der Waals surface area contributed by atoms with Crippen molar-refractivity contribution >= 4 is 34.5 Å². The minimum Gasteiger partial charge on any atom is -0.506 e. The molecule has 28 heavy (non-hydrogen) atoms. The summed E-state index contributed by atoms with van der Waals surface area (Å²) in [4.78, 5) is 12.2. The zero-order valence-corrected chi connectivity index (χ0v) is 16.6. The summed E-state index contributed by atoms with van der Waals surface area (Å²) in [6.45, 7) is 0.535. The molecule has 6 nitrogen and oxygen atoms in total. The van der Waals surface area contributed by atoms with E-state index in [0.717, 1.165) is 23.0 Å². The Hall–Kier alpha value is -2.10. The Morgan fingerprint density at radius 3 is 2.86 bits per heavy atom. The summed E-state index contributed by atoms with van der Waals surface area (Å²) in [7, 11) is 0. The molecule has 2 aliphatic heterocycles. The van der Waals surface area contributed by atoms with Crippen molar-refractivity contribution in [2.24, 2.45) is 0 Å². The highest BCUT2D eigenvalue weighted by atomic mass is 32.2. The topological polar surface area (TPSA) is 81.7 Å². The summed E-state index contributed by atoms with van der Waals surface area (Å²) >= 11 is -0.402. The molecule has 2 aromatic carbocycles. The van der Waals surface area contributed by atoms with Crippen LogP contribution in [0.4, 0.5) is 10.1 Å². The minimum absolute atomic E-state index is 0.0944. The number of fused-ring (bicyclic) bond motifs is 1. The summed E-state index contributed by atoms with van der Waals surface area (Å²) in [5, 5.41) is 13.7. The van der Waals surface area contributed by atoms with Crippen molar-refractivity contribution in [2.45, 2.75) is 23.8 Å². The van der Waals surface area contributed by atoms with Crippen molar-refractivity contribution in [3.05, 3.63) is 53.3 Å². The van der Waals surface area contributed by atoms with Gasteiger partial charge < -0.3 is 10.4 Å². The van der Waals surface area contributed by atoms with Crippen molar-refractivity contribution in [3.8, 4) is 5.75 Å². The van der Waals surface area contributed by atoms with Gasteiger partial charge >= 0.3 is 0 Å². The van der Waals surface area contributed by atoms with Crippen molar-refractivity contribution in [2.75, 3.05) is 23.1 Å². The summed E-state index contributed by atoms with van der Waals surface area (Å²) in [5.41, 5.74) is 1.55. The number of carbonyl (C=O) groups is 1. The van der Waals surface area contributed by atoms with Crippen LogP contribution in [0.3, 0.4) is 0 Å². The highest BCUT2D eigenvalue weighted by Gasteiger charge is 2.34. The maximum atomic E-state index is 15.2. The molecule has 0 aliphatic carbocycles. The van der Waals surface area contributed by atoms with E-state index in [1.807, 2.05) is 18.2 Å². The SMILES string of the molecule is O=C1CN(c2c(O)cc3c(c2F)CC(NCCc2ccccc2)CS3)S(=O)N1. The first-order valence-electron chi connectivity index (χ1n) is 8.96. The first-order valence-corrected chi connectivity index (χ1v) is 11.1. The fraction of sp³-hybridized carbons (Fsp3) is 0.316. The molecule has 2 aromatic rings. The smallest absolute Gasteiger partial charge is 0.253 e. The van der Waals surface area contributed by atoms with Gasteiger partial charge in [-0.1, -0.05) is 30.3 Å². The van der Waals surface area contributed by atoms with Gasteiger partial charge in [0.1, 0.15) is 18.0 Å². The van der Waals surface area contributed by atoms with Gasteiger partial charge in [0.25, 0.3) is 5.91 Å². The number of nitrogens with zero attached hydrogens (tertiary/aromatic N) is 1. The van der Waals surface area contributed by atoms with Crippen LogP contribution >= 0.6 is 11.8 Å². The number of hydrogen-bond acceptors (Lipinski definition) is 5. The fourth-order valence-electron chi connectivity index (χ4n) is 3.43. The van der Waals surface area contributed by atoms with Crippen molar-refractivity contribution < 1.29 is 18.5 Å². The molecular weight excluding hydrogens is 401 g/mol. The molecule has 0 radical (unpaired) electrons. The third kappa shape index (κ3) is 3.87. The van der Waals surface area contributed by atoms with Crippen molar-refractivity contribution in [1.82, 2.24) is 10.0 Å². The zero-order valence-electron chi connectivity index (χ0n) is 15.0. The van der Waals surface area contributed by atoms with E-state index < -0.39 is 22.9 Å². The molecule has 2 aliphatic rings. The lowest BCUT2D eigenvalue weighted by molar-refractivity contribution is -0.117. The van der Waals surface area contributed by atoms with Gasteiger partial charge in [0.2, 0.25) is 11.2 Å². The van der Waals surface area contributed by atoms with E-state index >= 15 is 4.39 Å². The highest BCUT2D eigenvalue weighted by molar-refractivity contribution is 7.99. The molecule has 0 bridgehead atoms. The van der Waals surface area contributed by atoms with Gasteiger partial charge in [-0.15, -0.1) is 11.8 Å². The molecule has 1 saturated heterocycles. The normalized spacial score (nSPS) is 21.5. The molecule has 9 heteroatoms. The standard InChI is InChI=1S/C19H20FN3O3S2/c20-18-14-8-13(21-7-6-12-4-2-1-3-5-12)11-27-16(14)9-15(24)19(18)23-10-17(25)22-28(23)26/h1-5,9,13,21,24H,6-8,10-11H2,(H,22,25). The molecule has 2 heterocycles. The summed E-state index contributed by atoms with van der Waals surface area (Å²) < 4.78 is 30.5. The van der Waals surface area contributed by atoms with Crippen LogP contribution in [0.15, 0.2) is 41.3 Å². The van der Waals surface area contributed by atoms with Crippen LogP contribution in [0.2, 0.25) is 0 Å². The van der Waals surface area contributed by atoms with Crippen molar-refractivity contribution in [3.63, 3.8) is 0 Å². The molecule has 1 fully saturated rings. The van der Waals surface area contributed by atoms with Gasteiger partial charge in [0, 0.05) is 22.3 Å². The zero-order chi connectivity index (χ0) is 19.7. The van der Waals surface area contributed by atoms with Crippen LogP contribution in [0, 0.1) is 5.82 Å². The first kappa shape index (κ1) is 19.2. The minimum atomic E-state index is -1.89. The molecule has 4 rings (SSSR count). The molecule has 2 unspecified atom stereocenters. The quantitative estimate of drug-likeness (QED) is 0.687. The van der Waals surface area contributed by atoms with Crippen LogP contribution in [0.1, 0.15) is 11.1 Å². The molecule has 1 amide bonds. The van der Waals surface area contributed by atoms with Crippen LogP contribution in [0.25, 0.3) is 0 Å². The third-order valence-corrected chi connectivity index (χ3v) is 7.16. The van der Waals surface area contributed by atoms with Crippen LogP contribution in [-0.2, 0) is 28.8 Å². The van der Waals surface area contributed by atoms with E-state index in [9.17, 15) is 14.1 Å². The van der Waals surface area contributed by atoms with Gasteiger partial charge in [-0.05, 0) is 31.0 Å². The molecular formula is C19H20FN3O3S2. The number of rotatable bonds is 5. The Bertz CT molecular complexity index is 926. The average Bonchev–Trinajstić information content (AvgIpc) is 3.01. The number of anilines is 1. The Balaban J connectivity index is 1.49. The monoisotopic (exact) mass is 421 g/mol. The van der Waals surface area contributed by atoms with Crippen LogP contribution < -0.4 is 14.3 Å². The Labute approximate surface area is 169 Å². The maximum Gasteiger partial charge on any atom is 0.253 e. The Kier molecular flexibility index (Phi) is 5.56. The van der Waals surface area contributed by atoms with Gasteiger partial charge in [-0.2, -0.15) is 0 Å². The number of nitrogens with one attached hydrogen (secondary N) is 2. The predicted molar refractivity (Wildman–Crippen MR) is 108 cm³/mol.